The number of rotatable bonds is 2. The van der Waals surface area contributed by atoms with Gasteiger partial charge in [-0.2, -0.15) is 14.6 Å². The molecule has 4 heterocycles. The molecule has 1 aromatic carbocycles. The van der Waals surface area contributed by atoms with Gasteiger partial charge in [-0.15, -0.1) is 0 Å². The fourth-order valence-electron chi connectivity index (χ4n) is 4.63. The summed E-state index contributed by atoms with van der Waals surface area (Å²) in [5.74, 6) is 1.79. The summed E-state index contributed by atoms with van der Waals surface area (Å²) in [6.07, 6.45) is 4.66. The van der Waals surface area contributed by atoms with Crippen molar-refractivity contribution in [1.82, 2.24) is 19.6 Å². The molecule has 6 nitrogen and oxygen atoms in total. The van der Waals surface area contributed by atoms with Gasteiger partial charge in [0.1, 0.15) is 17.7 Å². The maximum Gasteiger partial charge on any atom is 0.254 e. The maximum absolute atomic E-state index is 6.40. The third-order valence-corrected chi connectivity index (χ3v) is 5.82. The van der Waals surface area contributed by atoms with Crippen LogP contribution in [-0.4, -0.2) is 32.7 Å². The first-order valence-electron chi connectivity index (χ1n) is 9.38. The van der Waals surface area contributed by atoms with Crippen molar-refractivity contribution in [1.29, 1.82) is 0 Å². The number of fused-ring (bicyclic) bond motifs is 3. The maximum atomic E-state index is 6.40. The third-order valence-electron chi connectivity index (χ3n) is 5.82. The zero-order chi connectivity index (χ0) is 17.7. The lowest BCUT2D eigenvalue weighted by atomic mass is 9.85. The van der Waals surface area contributed by atoms with Gasteiger partial charge in [-0.1, -0.05) is 31.2 Å². The average molecular weight is 349 g/mol. The smallest absolute Gasteiger partial charge is 0.254 e. The number of hydrogen-bond donors (Lipinski definition) is 0. The quantitative estimate of drug-likeness (QED) is 0.712. The van der Waals surface area contributed by atoms with Gasteiger partial charge in [-0.3, -0.25) is 0 Å². The molecule has 0 bridgehead atoms. The van der Waals surface area contributed by atoms with Gasteiger partial charge < -0.3 is 9.64 Å². The van der Waals surface area contributed by atoms with Gasteiger partial charge in [0, 0.05) is 17.8 Å². The Kier molecular flexibility index (Phi) is 3.50. The van der Waals surface area contributed by atoms with Crippen molar-refractivity contribution in [2.24, 2.45) is 0 Å². The van der Waals surface area contributed by atoms with Crippen LogP contribution in [-0.2, 0) is 23.4 Å². The molecule has 6 heteroatoms. The molecule has 2 aromatic heterocycles. The van der Waals surface area contributed by atoms with E-state index in [0.29, 0.717) is 12.4 Å². The van der Waals surface area contributed by atoms with Crippen LogP contribution in [0.5, 0.6) is 0 Å². The van der Waals surface area contributed by atoms with Crippen molar-refractivity contribution in [2.45, 2.75) is 45.3 Å². The number of hydrogen-bond acceptors (Lipinski definition) is 5. The third kappa shape index (κ3) is 2.18. The van der Waals surface area contributed by atoms with Gasteiger partial charge in [0.05, 0.1) is 13.2 Å². The molecule has 0 radical (unpaired) electrons. The standard InChI is InChI=1S/C20H23N5O/c1-3-16-14(2)23-19-21-13-22-25(19)18(16)24-10-6-9-20(12-24)17-8-5-4-7-15(17)11-26-20/h4-5,7-8,13H,3,6,9-12H2,1-2H3. The lowest BCUT2D eigenvalue weighted by Crippen LogP contribution is -2.47. The van der Waals surface area contributed by atoms with Crippen LogP contribution in [0.2, 0.25) is 0 Å². The van der Waals surface area contributed by atoms with E-state index in [0.717, 1.165) is 43.9 Å². The minimum atomic E-state index is -0.218. The molecule has 1 spiro atoms. The number of nitrogens with zero attached hydrogens (tertiary/aromatic N) is 5. The number of benzene rings is 1. The van der Waals surface area contributed by atoms with Gasteiger partial charge in [0.25, 0.3) is 5.78 Å². The van der Waals surface area contributed by atoms with Crippen LogP contribution >= 0.6 is 0 Å². The Hall–Kier alpha value is -2.47. The Morgan fingerprint density at radius 2 is 2.15 bits per heavy atom. The summed E-state index contributed by atoms with van der Waals surface area (Å²) in [6, 6.07) is 8.64. The number of ether oxygens (including phenoxy) is 1. The molecule has 2 aliphatic rings. The van der Waals surface area contributed by atoms with Crippen molar-refractivity contribution in [3.8, 4) is 0 Å². The summed E-state index contributed by atoms with van der Waals surface area (Å²) >= 11 is 0. The molecule has 5 rings (SSSR count). The van der Waals surface area contributed by atoms with Crippen molar-refractivity contribution in [3.05, 3.63) is 53.0 Å². The topological polar surface area (TPSA) is 55.5 Å². The Bertz CT molecular complexity index is 977. The highest BCUT2D eigenvalue weighted by Gasteiger charge is 2.44. The van der Waals surface area contributed by atoms with Gasteiger partial charge in [0.2, 0.25) is 0 Å². The number of anilines is 1. The molecule has 1 saturated heterocycles. The van der Waals surface area contributed by atoms with E-state index >= 15 is 0 Å². The summed E-state index contributed by atoms with van der Waals surface area (Å²) in [4.78, 5) is 11.4. The first-order chi connectivity index (χ1) is 12.7. The van der Waals surface area contributed by atoms with Crippen molar-refractivity contribution < 1.29 is 4.74 Å². The van der Waals surface area contributed by atoms with Gasteiger partial charge >= 0.3 is 0 Å². The summed E-state index contributed by atoms with van der Waals surface area (Å²) in [5, 5.41) is 4.46. The highest BCUT2D eigenvalue weighted by Crippen LogP contribution is 2.44. The van der Waals surface area contributed by atoms with E-state index in [2.05, 4.69) is 58.1 Å². The second-order valence-electron chi connectivity index (χ2n) is 7.29. The van der Waals surface area contributed by atoms with Crippen molar-refractivity contribution in [2.75, 3.05) is 18.0 Å². The SMILES string of the molecule is CCc1c(C)nc2ncnn2c1N1CCCC2(C1)OCc1ccccc12. The molecule has 2 aliphatic heterocycles. The van der Waals surface area contributed by atoms with E-state index in [4.69, 9.17) is 4.74 Å². The zero-order valence-electron chi connectivity index (χ0n) is 15.3. The molecule has 0 aliphatic carbocycles. The lowest BCUT2D eigenvalue weighted by molar-refractivity contribution is -0.0471. The molecule has 3 aromatic rings. The molecule has 0 N–H and O–H groups in total. The summed E-state index contributed by atoms with van der Waals surface area (Å²) in [7, 11) is 0. The first kappa shape index (κ1) is 15.8. The van der Waals surface area contributed by atoms with Crippen LogP contribution in [0, 0.1) is 6.92 Å². The molecule has 1 atom stereocenters. The number of aryl methyl sites for hydroxylation is 1. The highest BCUT2D eigenvalue weighted by molar-refractivity contribution is 5.56. The molecular formula is C20H23N5O. The van der Waals surface area contributed by atoms with Gasteiger partial charge in [-0.05, 0) is 37.3 Å². The van der Waals surface area contributed by atoms with Crippen LogP contribution < -0.4 is 4.90 Å². The van der Waals surface area contributed by atoms with E-state index in [1.54, 1.807) is 6.33 Å². The van der Waals surface area contributed by atoms with Crippen LogP contribution in [0.15, 0.2) is 30.6 Å². The minimum Gasteiger partial charge on any atom is -0.364 e. The van der Waals surface area contributed by atoms with E-state index in [9.17, 15) is 0 Å². The van der Waals surface area contributed by atoms with E-state index in [1.807, 2.05) is 4.52 Å². The largest absolute Gasteiger partial charge is 0.364 e. The molecule has 134 valence electrons. The first-order valence-corrected chi connectivity index (χ1v) is 9.38. The second kappa shape index (κ2) is 5.77. The Morgan fingerprint density at radius 3 is 3.04 bits per heavy atom. The van der Waals surface area contributed by atoms with Crippen LogP contribution in [0.4, 0.5) is 5.82 Å². The van der Waals surface area contributed by atoms with E-state index in [-0.39, 0.29) is 5.60 Å². The molecule has 26 heavy (non-hydrogen) atoms. The van der Waals surface area contributed by atoms with Crippen LogP contribution in [0.3, 0.4) is 0 Å². The predicted molar refractivity (Wildman–Crippen MR) is 99.3 cm³/mol. The Morgan fingerprint density at radius 1 is 1.27 bits per heavy atom. The summed E-state index contributed by atoms with van der Waals surface area (Å²) in [6.45, 7) is 6.79. The Labute approximate surface area is 152 Å². The summed E-state index contributed by atoms with van der Waals surface area (Å²) in [5.41, 5.74) is 4.73. The highest BCUT2D eigenvalue weighted by atomic mass is 16.5. The van der Waals surface area contributed by atoms with Gasteiger partial charge in [-0.25, -0.2) is 4.98 Å². The monoisotopic (exact) mass is 349 g/mol. The molecular weight excluding hydrogens is 326 g/mol. The molecule has 1 fully saturated rings. The minimum absolute atomic E-state index is 0.218. The lowest BCUT2D eigenvalue weighted by Gasteiger charge is -2.42. The molecule has 0 saturated carbocycles. The Balaban J connectivity index is 1.62. The van der Waals surface area contributed by atoms with Crippen LogP contribution in [0.1, 0.15) is 42.1 Å². The normalized spacial score (nSPS) is 22.3. The van der Waals surface area contributed by atoms with Crippen LogP contribution in [0.25, 0.3) is 5.78 Å². The molecule has 1 unspecified atom stereocenters. The number of aromatic nitrogens is 4. The molecule has 0 amide bonds. The summed E-state index contributed by atoms with van der Waals surface area (Å²) < 4.78 is 8.29. The van der Waals surface area contributed by atoms with E-state index in [1.165, 1.54) is 16.7 Å². The zero-order valence-corrected chi connectivity index (χ0v) is 15.3. The second-order valence-corrected chi connectivity index (χ2v) is 7.29. The fraction of sp³-hybridized carbons (Fsp3) is 0.450. The van der Waals surface area contributed by atoms with E-state index < -0.39 is 0 Å². The van der Waals surface area contributed by atoms with Crippen molar-refractivity contribution in [3.63, 3.8) is 0 Å². The predicted octanol–water partition coefficient (Wildman–Crippen LogP) is 3.02. The van der Waals surface area contributed by atoms with Crippen molar-refractivity contribution >= 4 is 11.6 Å². The average Bonchev–Trinajstić information content (AvgIpc) is 3.26. The number of piperidine rings is 1. The fourth-order valence-corrected chi connectivity index (χ4v) is 4.63. The van der Waals surface area contributed by atoms with Gasteiger partial charge in [0.15, 0.2) is 0 Å².